The maximum atomic E-state index is 13.1. The number of benzene rings is 2. The highest BCUT2D eigenvalue weighted by molar-refractivity contribution is 6.31. The number of nitrogens with zero attached hydrogens (tertiary/aromatic N) is 1. The highest BCUT2D eigenvalue weighted by atomic mass is 35.5. The number of amides is 2. The van der Waals surface area contributed by atoms with Crippen LogP contribution in [0.25, 0.3) is 0 Å². The maximum Gasteiger partial charge on any atom is 0.261 e. The van der Waals surface area contributed by atoms with Gasteiger partial charge in [0.05, 0.1) is 0 Å². The number of carbonyl (C=O) groups is 2. The number of ether oxygens (including phenoxy) is 1. The maximum absolute atomic E-state index is 13.1. The van der Waals surface area contributed by atoms with Gasteiger partial charge in [0.1, 0.15) is 11.8 Å². The molecule has 2 rings (SSSR count). The molecule has 0 aliphatic heterocycles. The predicted molar refractivity (Wildman–Crippen MR) is 121 cm³/mol. The Hall–Kier alpha value is -2.24. The first-order chi connectivity index (χ1) is 14.5. The molecule has 30 heavy (non-hydrogen) atoms. The van der Waals surface area contributed by atoms with E-state index < -0.39 is 6.04 Å². The lowest BCUT2D eigenvalue weighted by Gasteiger charge is -2.30. The first kappa shape index (κ1) is 24.0. The van der Waals surface area contributed by atoms with Gasteiger partial charge in [-0.25, -0.2) is 0 Å². The first-order valence-electron chi connectivity index (χ1n) is 10.1. The molecule has 7 heteroatoms. The third-order valence-corrected chi connectivity index (χ3v) is 5.28. The molecule has 1 atom stereocenters. The van der Waals surface area contributed by atoms with Gasteiger partial charge in [-0.2, -0.15) is 0 Å². The Morgan fingerprint density at radius 1 is 1.10 bits per heavy atom. The van der Waals surface area contributed by atoms with Crippen molar-refractivity contribution < 1.29 is 14.3 Å². The van der Waals surface area contributed by atoms with Crippen LogP contribution >= 0.6 is 23.2 Å². The summed E-state index contributed by atoms with van der Waals surface area (Å²) in [7, 11) is 0. The highest BCUT2D eigenvalue weighted by Crippen LogP contribution is 2.21. The van der Waals surface area contributed by atoms with Crippen molar-refractivity contribution in [1.82, 2.24) is 10.2 Å². The third kappa shape index (κ3) is 7.22. The summed E-state index contributed by atoms with van der Waals surface area (Å²) in [4.78, 5) is 27.4. The largest absolute Gasteiger partial charge is 0.484 e. The van der Waals surface area contributed by atoms with Crippen LogP contribution in [-0.4, -0.2) is 35.9 Å². The summed E-state index contributed by atoms with van der Waals surface area (Å²) in [5, 5.41) is 4.00. The van der Waals surface area contributed by atoms with Gasteiger partial charge in [-0.15, -0.1) is 0 Å². The molecule has 0 radical (unpaired) electrons. The molecule has 2 aromatic carbocycles. The van der Waals surface area contributed by atoms with Crippen molar-refractivity contribution in [3.8, 4) is 5.75 Å². The molecule has 0 spiro atoms. The van der Waals surface area contributed by atoms with Gasteiger partial charge < -0.3 is 15.0 Å². The van der Waals surface area contributed by atoms with Crippen LogP contribution in [0.1, 0.15) is 38.7 Å². The number of carbonyl (C=O) groups excluding carboxylic acids is 2. The highest BCUT2D eigenvalue weighted by Gasteiger charge is 2.29. The molecule has 0 unspecified atom stereocenters. The Morgan fingerprint density at radius 2 is 1.87 bits per heavy atom. The van der Waals surface area contributed by atoms with Crippen molar-refractivity contribution >= 4 is 35.0 Å². The van der Waals surface area contributed by atoms with E-state index in [9.17, 15) is 9.59 Å². The minimum Gasteiger partial charge on any atom is -0.484 e. The lowest BCUT2D eigenvalue weighted by molar-refractivity contribution is -0.143. The minimum atomic E-state index is -0.617. The summed E-state index contributed by atoms with van der Waals surface area (Å²) in [6.45, 7) is 4.54. The quantitative estimate of drug-likeness (QED) is 0.484. The first-order valence-corrected chi connectivity index (χ1v) is 10.9. The molecule has 2 amide bonds. The summed E-state index contributed by atoms with van der Waals surface area (Å²) < 4.78 is 5.63. The number of rotatable bonds is 11. The number of nitrogens with one attached hydrogen (secondary N) is 1. The van der Waals surface area contributed by atoms with E-state index in [4.69, 9.17) is 27.9 Å². The van der Waals surface area contributed by atoms with Crippen LogP contribution in [0.4, 0.5) is 0 Å². The van der Waals surface area contributed by atoms with E-state index in [0.29, 0.717) is 28.8 Å². The molecule has 0 saturated heterocycles. The van der Waals surface area contributed by atoms with E-state index >= 15 is 0 Å². The number of halogens is 2. The van der Waals surface area contributed by atoms with Crippen molar-refractivity contribution in [1.29, 1.82) is 0 Å². The zero-order valence-corrected chi connectivity index (χ0v) is 18.9. The molecule has 162 valence electrons. The Bertz CT molecular complexity index is 845. The van der Waals surface area contributed by atoms with Crippen LogP contribution in [0.3, 0.4) is 0 Å². The number of hydrogen-bond donors (Lipinski definition) is 1. The molecule has 0 saturated carbocycles. The zero-order valence-electron chi connectivity index (χ0n) is 17.4. The molecule has 0 aliphatic carbocycles. The van der Waals surface area contributed by atoms with Crippen molar-refractivity contribution in [2.45, 2.75) is 45.7 Å². The average molecular weight is 451 g/mol. The fraction of sp³-hybridized carbons (Fsp3) is 0.391. The van der Waals surface area contributed by atoms with Crippen molar-refractivity contribution in [2.24, 2.45) is 0 Å². The fourth-order valence-electron chi connectivity index (χ4n) is 3.02. The van der Waals surface area contributed by atoms with Crippen LogP contribution in [0, 0.1) is 0 Å². The normalized spacial score (nSPS) is 11.6. The second-order valence-corrected chi connectivity index (χ2v) is 7.77. The van der Waals surface area contributed by atoms with Gasteiger partial charge in [-0.3, -0.25) is 9.59 Å². The monoisotopic (exact) mass is 450 g/mol. The van der Waals surface area contributed by atoms with Crippen molar-refractivity contribution in [2.75, 3.05) is 13.2 Å². The Balaban J connectivity index is 2.19. The van der Waals surface area contributed by atoms with Gasteiger partial charge in [0.2, 0.25) is 5.91 Å². The molecule has 2 aromatic rings. The van der Waals surface area contributed by atoms with Crippen molar-refractivity contribution in [3.63, 3.8) is 0 Å². The van der Waals surface area contributed by atoms with E-state index in [0.717, 1.165) is 18.4 Å². The van der Waals surface area contributed by atoms with Gasteiger partial charge in [-0.1, -0.05) is 67.7 Å². The van der Waals surface area contributed by atoms with Crippen LogP contribution in [-0.2, 0) is 16.1 Å². The minimum absolute atomic E-state index is 0.172. The summed E-state index contributed by atoms with van der Waals surface area (Å²) in [5.74, 6) is 0.0236. The topological polar surface area (TPSA) is 58.6 Å². The van der Waals surface area contributed by atoms with Crippen molar-refractivity contribution in [3.05, 3.63) is 64.1 Å². The lowest BCUT2D eigenvalue weighted by atomic mass is 10.1. The van der Waals surface area contributed by atoms with Gasteiger partial charge >= 0.3 is 0 Å². The summed E-state index contributed by atoms with van der Waals surface area (Å²) >= 11 is 12.3. The van der Waals surface area contributed by atoms with E-state index in [2.05, 4.69) is 12.2 Å². The van der Waals surface area contributed by atoms with Crippen LogP contribution < -0.4 is 10.1 Å². The number of unbranched alkanes of at least 4 members (excludes halogenated alkanes) is 1. The SMILES string of the molecule is CCCCNC(=O)[C@@H](CC)N(Cc1ccccc1Cl)C(=O)COc1cccc(Cl)c1. The van der Waals surface area contributed by atoms with E-state index in [-0.39, 0.29) is 25.0 Å². The molecular weight excluding hydrogens is 423 g/mol. The Morgan fingerprint density at radius 3 is 2.53 bits per heavy atom. The molecule has 5 nitrogen and oxygen atoms in total. The van der Waals surface area contributed by atoms with Gasteiger partial charge in [0, 0.05) is 23.1 Å². The van der Waals surface area contributed by atoms with Gasteiger partial charge in [-0.05, 0) is 42.7 Å². The average Bonchev–Trinajstić information content (AvgIpc) is 2.73. The molecule has 0 fully saturated rings. The molecule has 0 aromatic heterocycles. The second kappa shape index (κ2) is 12.5. The smallest absolute Gasteiger partial charge is 0.261 e. The fourth-order valence-corrected chi connectivity index (χ4v) is 3.40. The zero-order chi connectivity index (χ0) is 21.9. The van der Waals surface area contributed by atoms with Crippen LogP contribution in [0.2, 0.25) is 10.0 Å². The summed E-state index contributed by atoms with van der Waals surface area (Å²) in [6, 6.07) is 13.5. The van der Waals surface area contributed by atoms with Gasteiger partial charge in [0.25, 0.3) is 5.91 Å². The number of hydrogen-bond acceptors (Lipinski definition) is 3. The molecule has 0 heterocycles. The van der Waals surface area contributed by atoms with Crippen LogP contribution in [0.15, 0.2) is 48.5 Å². The van der Waals surface area contributed by atoms with E-state index in [1.54, 1.807) is 30.3 Å². The lowest BCUT2D eigenvalue weighted by Crippen LogP contribution is -2.50. The third-order valence-electron chi connectivity index (χ3n) is 4.67. The predicted octanol–water partition coefficient (Wildman–Crippen LogP) is 5.10. The molecule has 1 N–H and O–H groups in total. The summed E-state index contributed by atoms with van der Waals surface area (Å²) in [5.41, 5.74) is 0.773. The standard InChI is InChI=1S/C23H28Cl2N2O3/c1-3-5-13-26-23(29)21(4-2)27(15-17-9-6-7-12-20(17)25)22(28)16-30-19-11-8-10-18(24)14-19/h6-12,14,21H,3-5,13,15-16H2,1-2H3,(H,26,29)/t21-/m1/s1. The Labute approximate surface area is 188 Å². The molecular formula is C23H28Cl2N2O3. The molecule has 0 aliphatic rings. The van der Waals surface area contributed by atoms with E-state index in [1.165, 1.54) is 4.90 Å². The van der Waals surface area contributed by atoms with E-state index in [1.807, 2.05) is 25.1 Å². The molecule has 0 bridgehead atoms. The second-order valence-electron chi connectivity index (χ2n) is 6.93. The summed E-state index contributed by atoms with van der Waals surface area (Å²) in [6.07, 6.45) is 2.34. The van der Waals surface area contributed by atoms with Crippen LogP contribution in [0.5, 0.6) is 5.75 Å². The Kier molecular flexibility index (Phi) is 9.98. The van der Waals surface area contributed by atoms with Gasteiger partial charge in [0.15, 0.2) is 6.61 Å².